The summed E-state index contributed by atoms with van der Waals surface area (Å²) >= 11 is 0. The van der Waals surface area contributed by atoms with E-state index in [1.54, 1.807) is 6.20 Å². The lowest BCUT2D eigenvalue weighted by Crippen LogP contribution is -2.48. The number of carbonyl (C=O) groups is 1. The standard InChI is InChI=1S/C13H20N4O/c18-13-4-2-8-17(13)11-3-1-7-16(9-11)10-12-14-5-6-15-12/h5-6,11H,1-4,7-10H2,(H,14,15). The van der Waals surface area contributed by atoms with Crippen molar-refractivity contribution in [2.24, 2.45) is 0 Å². The van der Waals surface area contributed by atoms with Gasteiger partial charge in [-0.3, -0.25) is 9.69 Å². The van der Waals surface area contributed by atoms with E-state index in [1.807, 2.05) is 6.20 Å². The summed E-state index contributed by atoms with van der Waals surface area (Å²) in [5.74, 6) is 1.36. The lowest BCUT2D eigenvalue weighted by molar-refractivity contribution is -0.130. The Bertz CT molecular complexity index is 403. The van der Waals surface area contributed by atoms with Crippen LogP contribution in [0, 0.1) is 0 Å². The van der Waals surface area contributed by atoms with Crippen molar-refractivity contribution in [1.82, 2.24) is 19.8 Å². The number of aromatic amines is 1. The molecule has 2 fully saturated rings. The van der Waals surface area contributed by atoms with Gasteiger partial charge >= 0.3 is 0 Å². The molecular formula is C13H20N4O. The van der Waals surface area contributed by atoms with Crippen LogP contribution in [0.5, 0.6) is 0 Å². The maximum Gasteiger partial charge on any atom is 0.222 e. The van der Waals surface area contributed by atoms with Crippen LogP contribution < -0.4 is 0 Å². The van der Waals surface area contributed by atoms with Gasteiger partial charge in [0, 0.05) is 37.9 Å². The van der Waals surface area contributed by atoms with Crippen molar-refractivity contribution in [1.29, 1.82) is 0 Å². The topological polar surface area (TPSA) is 52.2 Å². The van der Waals surface area contributed by atoms with Crippen LogP contribution in [-0.4, -0.2) is 51.4 Å². The highest BCUT2D eigenvalue weighted by atomic mass is 16.2. The minimum atomic E-state index is 0.347. The number of nitrogens with one attached hydrogen (secondary N) is 1. The number of H-pyrrole nitrogens is 1. The monoisotopic (exact) mass is 248 g/mol. The van der Waals surface area contributed by atoms with E-state index in [0.717, 1.165) is 51.3 Å². The molecular weight excluding hydrogens is 228 g/mol. The maximum absolute atomic E-state index is 11.8. The number of rotatable bonds is 3. The molecule has 18 heavy (non-hydrogen) atoms. The average molecular weight is 248 g/mol. The van der Waals surface area contributed by atoms with E-state index in [9.17, 15) is 4.79 Å². The van der Waals surface area contributed by atoms with Crippen LogP contribution in [0.15, 0.2) is 12.4 Å². The molecule has 0 radical (unpaired) electrons. The molecule has 0 aliphatic carbocycles. The van der Waals surface area contributed by atoms with Gasteiger partial charge in [-0.05, 0) is 25.8 Å². The van der Waals surface area contributed by atoms with Gasteiger partial charge in [-0.2, -0.15) is 0 Å². The van der Waals surface area contributed by atoms with Gasteiger partial charge in [-0.25, -0.2) is 4.98 Å². The van der Waals surface area contributed by atoms with Crippen molar-refractivity contribution >= 4 is 5.91 Å². The first-order chi connectivity index (χ1) is 8.83. The summed E-state index contributed by atoms with van der Waals surface area (Å²) in [5.41, 5.74) is 0. The number of amides is 1. The molecule has 5 heteroatoms. The maximum atomic E-state index is 11.8. The minimum absolute atomic E-state index is 0.347. The first-order valence-corrected chi connectivity index (χ1v) is 6.83. The Labute approximate surface area is 107 Å². The highest BCUT2D eigenvalue weighted by Gasteiger charge is 2.31. The molecule has 3 rings (SSSR count). The van der Waals surface area contributed by atoms with E-state index in [0.29, 0.717) is 11.9 Å². The van der Waals surface area contributed by atoms with Gasteiger partial charge < -0.3 is 9.88 Å². The summed E-state index contributed by atoms with van der Waals surface area (Å²) in [6, 6.07) is 0.420. The van der Waals surface area contributed by atoms with Crippen LogP contribution in [0.4, 0.5) is 0 Å². The van der Waals surface area contributed by atoms with Crippen LogP contribution in [0.25, 0.3) is 0 Å². The lowest BCUT2D eigenvalue weighted by atomic mass is 10.0. The minimum Gasteiger partial charge on any atom is -0.348 e. The summed E-state index contributed by atoms with van der Waals surface area (Å²) in [7, 11) is 0. The summed E-state index contributed by atoms with van der Waals surface area (Å²) in [6.45, 7) is 3.93. The molecule has 3 heterocycles. The van der Waals surface area contributed by atoms with Gasteiger partial charge in [0.1, 0.15) is 5.82 Å². The molecule has 1 aromatic rings. The van der Waals surface area contributed by atoms with Gasteiger partial charge in [0.25, 0.3) is 0 Å². The van der Waals surface area contributed by atoms with Crippen molar-refractivity contribution in [2.45, 2.75) is 38.3 Å². The number of imidazole rings is 1. The molecule has 1 amide bonds. The van der Waals surface area contributed by atoms with Crippen LogP contribution in [0.3, 0.4) is 0 Å². The molecule has 0 aromatic carbocycles. The largest absolute Gasteiger partial charge is 0.348 e. The molecule has 1 atom stereocenters. The Morgan fingerprint density at radius 1 is 1.39 bits per heavy atom. The fourth-order valence-corrected chi connectivity index (χ4v) is 3.08. The Hall–Kier alpha value is -1.36. The highest BCUT2D eigenvalue weighted by molar-refractivity contribution is 5.78. The van der Waals surface area contributed by atoms with E-state index in [4.69, 9.17) is 0 Å². The zero-order valence-corrected chi connectivity index (χ0v) is 10.6. The molecule has 98 valence electrons. The van der Waals surface area contributed by atoms with Crippen molar-refractivity contribution in [3.63, 3.8) is 0 Å². The number of carbonyl (C=O) groups excluding carboxylic acids is 1. The fraction of sp³-hybridized carbons (Fsp3) is 0.692. The van der Waals surface area contributed by atoms with E-state index >= 15 is 0 Å². The number of likely N-dealkylation sites (tertiary alicyclic amines) is 2. The van der Waals surface area contributed by atoms with Gasteiger partial charge in [-0.1, -0.05) is 0 Å². The summed E-state index contributed by atoms with van der Waals surface area (Å²) < 4.78 is 0. The summed E-state index contributed by atoms with van der Waals surface area (Å²) in [6.07, 6.45) is 7.76. The zero-order chi connectivity index (χ0) is 12.4. The third-order valence-electron chi connectivity index (χ3n) is 3.96. The smallest absolute Gasteiger partial charge is 0.222 e. The van der Waals surface area contributed by atoms with E-state index in [1.165, 1.54) is 6.42 Å². The first-order valence-electron chi connectivity index (χ1n) is 6.83. The number of piperidine rings is 1. The zero-order valence-electron chi connectivity index (χ0n) is 10.6. The van der Waals surface area contributed by atoms with Crippen molar-refractivity contribution < 1.29 is 4.79 Å². The Morgan fingerprint density at radius 3 is 3.06 bits per heavy atom. The Balaban J connectivity index is 1.59. The second kappa shape index (κ2) is 5.10. The Kier molecular flexibility index (Phi) is 3.32. The van der Waals surface area contributed by atoms with E-state index < -0.39 is 0 Å². The van der Waals surface area contributed by atoms with E-state index in [2.05, 4.69) is 19.8 Å². The predicted octanol–water partition coefficient (Wildman–Crippen LogP) is 0.996. The van der Waals surface area contributed by atoms with Gasteiger partial charge in [0.2, 0.25) is 5.91 Å². The first kappa shape index (κ1) is 11.7. The number of hydrogen-bond acceptors (Lipinski definition) is 3. The van der Waals surface area contributed by atoms with Crippen molar-refractivity contribution in [3.05, 3.63) is 18.2 Å². The summed E-state index contributed by atoms with van der Waals surface area (Å²) in [5, 5.41) is 0. The van der Waals surface area contributed by atoms with E-state index in [-0.39, 0.29) is 0 Å². The molecule has 0 saturated carbocycles. The van der Waals surface area contributed by atoms with Crippen molar-refractivity contribution in [3.8, 4) is 0 Å². The second-order valence-electron chi connectivity index (χ2n) is 5.26. The molecule has 0 spiro atoms. The molecule has 0 bridgehead atoms. The summed E-state index contributed by atoms with van der Waals surface area (Å²) in [4.78, 5) is 23.7. The fourth-order valence-electron chi connectivity index (χ4n) is 3.08. The quantitative estimate of drug-likeness (QED) is 0.868. The van der Waals surface area contributed by atoms with Gasteiger partial charge in [0.15, 0.2) is 0 Å². The average Bonchev–Trinajstić information content (AvgIpc) is 3.01. The number of hydrogen-bond donors (Lipinski definition) is 1. The van der Waals surface area contributed by atoms with Crippen LogP contribution >= 0.6 is 0 Å². The molecule has 1 aromatic heterocycles. The predicted molar refractivity (Wildman–Crippen MR) is 67.8 cm³/mol. The molecule has 1 N–H and O–H groups in total. The normalized spacial score (nSPS) is 25.9. The van der Waals surface area contributed by atoms with Crippen LogP contribution in [0.1, 0.15) is 31.5 Å². The third-order valence-corrected chi connectivity index (χ3v) is 3.96. The van der Waals surface area contributed by atoms with Crippen LogP contribution in [0.2, 0.25) is 0 Å². The SMILES string of the molecule is O=C1CCCN1C1CCCN(Cc2ncc[nH]2)C1. The van der Waals surface area contributed by atoms with Crippen LogP contribution in [-0.2, 0) is 11.3 Å². The Morgan fingerprint density at radius 2 is 2.33 bits per heavy atom. The molecule has 5 nitrogen and oxygen atoms in total. The van der Waals surface area contributed by atoms with Gasteiger partial charge in [-0.15, -0.1) is 0 Å². The highest BCUT2D eigenvalue weighted by Crippen LogP contribution is 2.22. The molecule has 2 aliphatic heterocycles. The third kappa shape index (κ3) is 2.41. The molecule has 2 saturated heterocycles. The second-order valence-corrected chi connectivity index (χ2v) is 5.26. The number of aromatic nitrogens is 2. The molecule has 2 aliphatic rings. The lowest BCUT2D eigenvalue weighted by Gasteiger charge is -2.37. The van der Waals surface area contributed by atoms with Gasteiger partial charge in [0.05, 0.1) is 6.54 Å². The number of nitrogens with zero attached hydrogens (tertiary/aromatic N) is 3. The molecule has 1 unspecified atom stereocenters. The van der Waals surface area contributed by atoms with Crippen molar-refractivity contribution in [2.75, 3.05) is 19.6 Å².